The van der Waals surface area contributed by atoms with E-state index in [1.54, 1.807) is 11.3 Å². The zero-order valence-electron chi connectivity index (χ0n) is 19.9. The molecule has 0 bridgehead atoms. The molecule has 0 spiro atoms. The Labute approximate surface area is 200 Å². The first-order valence-corrected chi connectivity index (χ1v) is 12.6. The van der Waals surface area contributed by atoms with Gasteiger partial charge in [-0.25, -0.2) is 4.98 Å². The predicted octanol–water partition coefficient (Wildman–Crippen LogP) is 5.18. The number of carbonyl (C=O) groups is 1. The van der Waals surface area contributed by atoms with Crippen molar-refractivity contribution in [3.63, 3.8) is 0 Å². The summed E-state index contributed by atoms with van der Waals surface area (Å²) in [7, 11) is 4.32. The van der Waals surface area contributed by atoms with Crippen LogP contribution in [0.4, 0.5) is 0 Å². The van der Waals surface area contributed by atoms with E-state index < -0.39 is 0 Å². The molecule has 0 aliphatic carbocycles. The van der Waals surface area contributed by atoms with Crippen molar-refractivity contribution in [2.24, 2.45) is 5.92 Å². The number of nitrogens with zero attached hydrogens (tertiary/aromatic N) is 4. The second kappa shape index (κ2) is 8.92. The Morgan fingerprint density at radius 2 is 1.88 bits per heavy atom. The smallest absolute Gasteiger partial charge is 0.255 e. The maximum absolute atomic E-state index is 13.5. The summed E-state index contributed by atoms with van der Waals surface area (Å²) in [5, 5.41) is 1.07. The number of amides is 1. The number of hydrogen-bond acceptors (Lipinski definition) is 5. The van der Waals surface area contributed by atoms with Crippen LogP contribution in [-0.4, -0.2) is 58.8 Å². The number of hydrogen-bond donors (Lipinski definition) is 0. The number of benzene rings is 1. The molecule has 0 N–H and O–H groups in total. The van der Waals surface area contributed by atoms with Crippen molar-refractivity contribution in [3.8, 4) is 0 Å². The topological polar surface area (TPSA) is 39.7 Å². The van der Waals surface area contributed by atoms with Crippen molar-refractivity contribution in [2.45, 2.75) is 39.2 Å². The molecule has 0 radical (unpaired) electrons. The third kappa shape index (κ3) is 4.42. The summed E-state index contributed by atoms with van der Waals surface area (Å²) in [6.45, 7) is 6.28. The average molecular weight is 461 g/mol. The van der Waals surface area contributed by atoms with E-state index >= 15 is 0 Å². The Balaban J connectivity index is 1.42. The maximum Gasteiger partial charge on any atom is 0.255 e. The van der Waals surface area contributed by atoms with Gasteiger partial charge in [0.25, 0.3) is 5.91 Å². The predicted molar refractivity (Wildman–Crippen MR) is 137 cm³/mol. The van der Waals surface area contributed by atoms with Crippen molar-refractivity contribution in [3.05, 3.63) is 70.7 Å². The molecular formula is C27H32N4OS. The lowest BCUT2D eigenvalue weighted by Gasteiger charge is -2.38. The number of fused-ring (bicyclic) bond motifs is 2. The molecule has 1 aromatic heterocycles. The van der Waals surface area contributed by atoms with Gasteiger partial charge in [0.15, 0.2) is 0 Å². The maximum atomic E-state index is 13.5. The molecule has 2 aromatic rings. The Kier molecular flexibility index (Phi) is 5.97. The molecule has 1 aromatic carbocycles. The van der Waals surface area contributed by atoms with Crippen molar-refractivity contribution in [1.29, 1.82) is 0 Å². The Hall–Kier alpha value is -2.70. The van der Waals surface area contributed by atoms with Gasteiger partial charge in [0, 0.05) is 37.1 Å². The molecule has 0 saturated carbocycles. The Morgan fingerprint density at radius 3 is 2.64 bits per heavy atom. The molecule has 3 aliphatic rings. The number of rotatable bonds is 3. The van der Waals surface area contributed by atoms with Gasteiger partial charge in [-0.05, 0) is 81.6 Å². The molecule has 1 atom stereocenters. The number of piperidine rings is 1. The fourth-order valence-corrected chi connectivity index (χ4v) is 5.91. The highest BCUT2D eigenvalue weighted by Crippen LogP contribution is 2.34. The second-order valence-corrected chi connectivity index (χ2v) is 10.8. The first-order valence-electron chi connectivity index (χ1n) is 11.8. The standard InChI is InChI=1S/C27H32N4OS/c1-18-5-7-22-8-9-23(30-13-11-21(12-14-30)29(3)4)17-31(22)27(32)16-24(18)20-6-10-25-26(15-20)33-19(2)28-25/h6-10,15-18,21H,5,11-14H2,1-4H3. The van der Waals surface area contributed by atoms with Crippen LogP contribution < -0.4 is 0 Å². The van der Waals surface area contributed by atoms with Crippen LogP contribution in [0.2, 0.25) is 0 Å². The molecule has 5 rings (SSSR count). The minimum absolute atomic E-state index is 0.0217. The molecule has 1 saturated heterocycles. The second-order valence-electron chi connectivity index (χ2n) is 9.56. The van der Waals surface area contributed by atoms with E-state index in [1.807, 2.05) is 24.1 Å². The highest BCUT2D eigenvalue weighted by Gasteiger charge is 2.26. The lowest BCUT2D eigenvalue weighted by atomic mass is 9.89. The monoisotopic (exact) mass is 460 g/mol. The minimum atomic E-state index is 0.0217. The van der Waals surface area contributed by atoms with Crippen molar-refractivity contribution in [2.75, 3.05) is 27.2 Å². The molecule has 1 fully saturated rings. The highest BCUT2D eigenvalue weighted by atomic mass is 32.1. The van der Waals surface area contributed by atoms with Crippen LogP contribution in [0.5, 0.6) is 0 Å². The van der Waals surface area contributed by atoms with Crippen LogP contribution in [0.1, 0.15) is 36.8 Å². The van der Waals surface area contributed by atoms with Gasteiger partial charge in [0.05, 0.1) is 20.9 Å². The summed E-state index contributed by atoms with van der Waals surface area (Å²) in [5.41, 5.74) is 5.34. The van der Waals surface area contributed by atoms with Crippen LogP contribution >= 0.6 is 11.3 Å². The average Bonchev–Trinajstić information content (AvgIpc) is 3.19. The van der Waals surface area contributed by atoms with Gasteiger partial charge < -0.3 is 9.80 Å². The molecule has 3 aliphatic heterocycles. The SMILES string of the molecule is Cc1nc2ccc(C3=CC(=O)N4C=C(N5CCC(N(C)C)CC5)C=CC4=CCC3C)cc2s1. The molecule has 5 nitrogen and oxygen atoms in total. The van der Waals surface area contributed by atoms with E-state index in [1.165, 1.54) is 4.70 Å². The Bertz CT molecular complexity index is 1190. The van der Waals surface area contributed by atoms with Gasteiger partial charge in [-0.15, -0.1) is 11.3 Å². The van der Waals surface area contributed by atoms with E-state index in [0.717, 1.165) is 65.4 Å². The van der Waals surface area contributed by atoms with Crippen LogP contribution in [0.15, 0.2) is 60.1 Å². The van der Waals surface area contributed by atoms with Crippen LogP contribution in [-0.2, 0) is 4.79 Å². The largest absolute Gasteiger partial charge is 0.370 e. The van der Waals surface area contributed by atoms with Crippen LogP contribution in [0.25, 0.3) is 15.8 Å². The molecular weight excluding hydrogens is 428 g/mol. The molecule has 1 unspecified atom stereocenters. The summed E-state index contributed by atoms with van der Waals surface area (Å²) in [4.78, 5) is 24.6. The zero-order valence-corrected chi connectivity index (χ0v) is 20.7. The van der Waals surface area contributed by atoms with Crippen molar-refractivity contribution < 1.29 is 4.79 Å². The summed E-state index contributed by atoms with van der Waals surface area (Å²) < 4.78 is 1.17. The number of likely N-dealkylation sites (tertiary alicyclic amines) is 1. The van der Waals surface area contributed by atoms with Gasteiger partial charge >= 0.3 is 0 Å². The molecule has 1 amide bonds. The van der Waals surface area contributed by atoms with Crippen LogP contribution in [0, 0.1) is 12.8 Å². The normalized spacial score (nSPS) is 22.2. The first kappa shape index (κ1) is 22.1. The lowest BCUT2D eigenvalue weighted by molar-refractivity contribution is -0.122. The van der Waals surface area contributed by atoms with Gasteiger partial charge in [-0.3, -0.25) is 9.69 Å². The summed E-state index contributed by atoms with van der Waals surface area (Å²) in [6, 6.07) is 7.01. The highest BCUT2D eigenvalue weighted by molar-refractivity contribution is 7.18. The van der Waals surface area contributed by atoms with Crippen molar-refractivity contribution in [1.82, 2.24) is 19.7 Å². The fraction of sp³-hybridized carbons (Fsp3) is 0.407. The third-order valence-electron chi connectivity index (χ3n) is 7.08. The number of thiazole rings is 1. The Morgan fingerprint density at radius 1 is 1.12 bits per heavy atom. The quantitative estimate of drug-likeness (QED) is 0.633. The molecule has 33 heavy (non-hydrogen) atoms. The van der Waals surface area contributed by atoms with Gasteiger partial charge in [-0.2, -0.15) is 0 Å². The third-order valence-corrected chi connectivity index (χ3v) is 8.01. The number of carbonyl (C=O) groups excluding carboxylic acids is 1. The lowest BCUT2D eigenvalue weighted by Crippen LogP contribution is -2.42. The van der Waals surface area contributed by atoms with Gasteiger partial charge in [0.2, 0.25) is 0 Å². The van der Waals surface area contributed by atoms with Crippen LogP contribution in [0.3, 0.4) is 0 Å². The fourth-order valence-electron chi connectivity index (χ4n) is 5.04. The molecule has 4 heterocycles. The van der Waals surface area contributed by atoms with E-state index in [4.69, 9.17) is 0 Å². The molecule has 6 heteroatoms. The van der Waals surface area contributed by atoms with E-state index in [2.05, 4.69) is 72.2 Å². The minimum Gasteiger partial charge on any atom is -0.370 e. The summed E-state index contributed by atoms with van der Waals surface area (Å²) in [6.07, 6.45) is 13.5. The van der Waals surface area contributed by atoms with E-state index in [9.17, 15) is 4.79 Å². The number of aryl methyl sites for hydroxylation is 1. The summed E-state index contributed by atoms with van der Waals surface area (Å²) in [5.74, 6) is 0.285. The number of allylic oxidation sites excluding steroid dienone is 4. The summed E-state index contributed by atoms with van der Waals surface area (Å²) >= 11 is 1.70. The van der Waals surface area contributed by atoms with E-state index in [0.29, 0.717) is 6.04 Å². The molecule has 172 valence electrons. The number of aromatic nitrogens is 1. The first-order chi connectivity index (χ1) is 15.9. The van der Waals surface area contributed by atoms with Gasteiger partial charge in [-0.1, -0.05) is 19.1 Å². The zero-order chi connectivity index (χ0) is 23.1. The van der Waals surface area contributed by atoms with Gasteiger partial charge in [0.1, 0.15) is 0 Å². The van der Waals surface area contributed by atoms with E-state index in [-0.39, 0.29) is 11.8 Å². The van der Waals surface area contributed by atoms with Crippen molar-refractivity contribution >= 4 is 33.0 Å².